The molecule has 0 bridgehead atoms. The van der Waals surface area contributed by atoms with Crippen LogP contribution in [0.2, 0.25) is 0 Å². The van der Waals surface area contributed by atoms with Crippen LogP contribution in [0, 0.1) is 0 Å². The second-order valence-electron chi connectivity index (χ2n) is 16.5. The first kappa shape index (κ1) is 36.1. The topological polar surface area (TPSA) is 3.24 Å². The summed E-state index contributed by atoms with van der Waals surface area (Å²) in [6.45, 7) is 6.91. The Morgan fingerprint density at radius 1 is 0.322 bits per heavy atom. The van der Waals surface area contributed by atoms with Gasteiger partial charge in [0.25, 0.3) is 0 Å². The number of fused-ring (bicyclic) bond motifs is 4. The number of benzene rings is 10. The highest BCUT2D eigenvalue weighted by atomic mass is 15.1. The van der Waals surface area contributed by atoms with E-state index in [0.717, 1.165) is 17.1 Å². The van der Waals surface area contributed by atoms with Gasteiger partial charge in [-0.25, -0.2) is 0 Å². The molecule has 59 heavy (non-hydrogen) atoms. The van der Waals surface area contributed by atoms with Crippen LogP contribution in [-0.2, 0) is 5.41 Å². The lowest BCUT2D eigenvalue weighted by atomic mass is 9.85. The molecular formula is C58H45N. The first-order valence-electron chi connectivity index (χ1n) is 20.6. The summed E-state index contributed by atoms with van der Waals surface area (Å²) in [6.07, 6.45) is 0. The molecule has 0 saturated carbocycles. The smallest absolute Gasteiger partial charge is 0.0543 e. The van der Waals surface area contributed by atoms with E-state index in [1.807, 2.05) is 0 Å². The Balaban J connectivity index is 1.26. The first-order chi connectivity index (χ1) is 28.9. The number of anilines is 3. The molecule has 10 aromatic carbocycles. The number of rotatable bonds is 7. The monoisotopic (exact) mass is 755 g/mol. The zero-order valence-electron chi connectivity index (χ0n) is 33.7. The van der Waals surface area contributed by atoms with Gasteiger partial charge in [0.1, 0.15) is 0 Å². The van der Waals surface area contributed by atoms with Gasteiger partial charge in [0, 0.05) is 16.8 Å². The summed E-state index contributed by atoms with van der Waals surface area (Å²) >= 11 is 0. The molecule has 0 amide bonds. The Morgan fingerprint density at radius 3 is 1.68 bits per heavy atom. The Kier molecular flexibility index (Phi) is 9.15. The third kappa shape index (κ3) is 6.65. The van der Waals surface area contributed by atoms with Crippen LogP contribution in [0.25, 0.3) is 76.8 Å². The van der Waals surface area contributed by atoms with E-state index in [0.29, 0.717) is 0 Å². The van der Waals surface area contributed by atoms with Gasteiger partial charge in [0.15, 0.2) is 0 Å². The molecule has 10 rings (SSSR count). The lowest BCUT2D eigenvalue weighted by Crippen LogP contribution is -2.16. The van der Waals surface area contributed by atoms with E-state index >= 15 is 0 Å². The lowest BCUT2D eigenvalue weighted by Gasteiger charge is -2.32. The average Bonchev–Trinajstić information content (AvgIpc) is 3.29. The van der Waals surface area contributed by atoms with Crippen molar-refractivity contribution >= 4 is 49.4 Å². The van der Waals surface area contributed by atoms with E-state index in [-0.39, 0.29) is 5.41 Å². The van der Waals surface area contributed by atoms with Gasteiger partial charge in [-0.05, 0) is 101 Å². The second-order valence-corrected chi connectivity index (χ2v) is 16.5. The van der Waals surface area contributed by atoms with Gasteiger partial charge in [0.2, 0.25) is 0 Å². The van der Waals surface area contributed by atoms with Crippen LogP contribution >= 0.6 is 0 Å². The van der Waals surface area contributed by atoms with Gasteiger partial charge in [-0.3, -0.25) is 0 Å². The zero-order valence-corrected chi connectivity index (χ0v) is 33.7. The van der Waals surface area contributed by atoms with Gasteiger partial charge in [-0.1, -0.05) is 215 Å². The number of hydrogen-bond donors (Lipinski definition) is 0. The molecule has 282 valence electrons. The molecule has 0 unspecified atom stereocenters. The van der Waals surface area contributed by atoms with Crippen LogP contribution in [0.3, 0.4) is 0 Å². The Bertz CT molecular complexity index is 3130. The molecule has 0 aliphatic carbocycles. The largest absolute Gasteiger partial charge is 0.309 e. The van der Waals surface area contributed by atoms with Crippen LogP contribution in [0.1, 0.15) is 26.3 Å². The molecule has 0 fully saturated rings. The number of para-hydroxylation sites is 1. The Hall–Kier alpha value is -7.22. The van der Waals surface area contributed by atoms with E-state index in [1.54, 1.807) is 0 Å². The van der Waals surface area contributed by atoms with Gasteiger partial charge in [-0.2, -0.15) is 0 Å². The molecule has 0 heterocycles. The molecule has 0 saturated heterocycles. The van der Waals surface area contributed by atoms with Crippen molar-refractivity contribution < 1.29 is 0 Å². The molecule has 1 heteroatoms. The summed E-state index contributed by atoms with van der Waals surface area (Å²) in [5.41, 5.74) is 14.1. The average molecular weight is 756 g/mol. The first-order valence-corrected chi connectivity index (χ1v) is 20.6. The van der Waals surface area contributed by atoms with E-state index < -0.39 is 0 Å². The molecule has 0 spiro atoms. The van der Waals surface area contributed by atoms with Crippen molar-refractivity contribution in [2.45, 2.75) is 26.2 Å². The minimum absolute atomic E-state index is 0.0665. The van der Waals surface area contributed by atoms with Gasteiger partial charge in [0.05, 0.1) is 11.4 Å². The highest BCUT2D eigenvalue weighted by Crippen LogP contribution is 2.49. The number of nitrogens with zero attached hydrogens (tertiary/aromatic N) is 1. The molecule has 0 aliphatic rings. The van der Waals surface area contributed by atoms with Crippen molar-refractivity contribution in [1.29, 1.82) is 0 Å². The third-order valence-corrected chi connectivity index (χ3v) is 11.8. The normalized spacial score (nSPS) is 11.6. The third-order valence-electron chi connectivity index (χ3n) is 11.8. The molecule has 0 radical (unpaired) electrons. The maximum absolute atomic E-state index is 2.51. The Labute approximate surface area is 347 Å². The van der Waals surface area contributed by atoms with Crippen LogP contribution < -0.4 is 4.90 Å². The summed E-state index contributed by atoms with van der Waals surface area (Å²) in [7, 11) is 0. The molecular weight excluding hydrogens is 711 g/mol. The predicted octanol–water partition coefficient (Wildman–Crippen LogP) is 16.6. The van der Waals surface area contributed by atoms with E-state index in [9.17, 15) is 0 Å². The van der Waals surface area contributed by atoms with E-state index in [1.165, 1.54) is 82.4 Å². The molecule has 0 atom stereocenters. The maximum atomic E-state index is 2.51. The number of hydrogen-bond acceptors (Lipinski definition) is 1. The van der Waals surface area contributed by atoms with Gasteiger partial charge in [-0.15, -0.1) is 0 Å². The molecule has 1 nitrogen and oxygen atoms in total. The van der Waals surface area contributed by atoms with Crippen molar-refractivity contribution in [3.8, 4) is 44.5 Å². The summed E-state index contributed by atoms with van der Waals surface area (Å²) in [5, 5.41) is 7.51. The van der Waals surface area contributed by atoms with E-state index in [2.05, 4.69) is 244 Å². The maximum Gasteiger partial charge on any atom is 0.0543 e. The second kappa shape index (κ2) is 14.9. The van der Waals surface area contributed by atoms with Gasteiger partial charge >= 0.3 is 0 Å². The molecule has 0 aliphatic heterocycles. The Morgan fingerprint density at radius 2 is 0.898 bits per heavy atom. The predicted molar refractivity (Wildman–Crippen MR) is 254 cm³/mol. The minimum atomic E-state index is -0.0665. The molecule has 0 aromatic heterocycles. The summed E-state index contributed by atoms with van der Waals surface area (Å²) in [4.78, 5) is 2.51. The van der Waals surface area contributed by atoms with Crippen molar-refractivity contribution in [3.05, 3.63) is 224 Å². The highest BCUT2D eigenvalue weighted by molar-refractivity contribution is 6.13. The van der Waals surface area contributed by atoms with Crippen LogP contribution in [0.15, 0.2) is 218 Å². The molecule has 10 aromatic rings. The van der Waals surface area contributed by atoms with Crippen molar-refractivity contribution in [1.82, 2.24) is 0 Å². The minimum Gasteiger partial charge on any atom is -0.309 e. The highest BCUT2D eigenvalue weighted by Gasteiger charge is 2.25. The van der Waals surface area contributed by atoms with Crippen LogP contribution in [0.4, 0.5) is 17.1 Å². The van der Waals surface area contributed by atoms with Crippen molar-refractivity contribution in [3.63, 3.8) is 0 Å². The molecule has 0 N–H and O–H groups in total. The fraction of sp³-hybridized carbons (Fsp3) is 0.0690. The summed E-state index contributed by atoms with van der Waals surface area (Å²) in [5.74, 6) is 0. The zero-order chi connectivity index (χ0) is 39.9. The fourth-order valence-corrected chi connectivity index (χ4v) is 8.88. The SMILES string of the molecule is CC(C)(C)c1ccc(-c2ccccc2)c(N(c2cccc(-c3cccc4c3ccc3ccccc34)c2)c2ccccc2-c2cccc3cccc(-c4ccccc4)c23)c1. The summed E-state index contributed by atoms with van der Waals surface area (Å²) in [6, 6.07) is 80.2. The fourth-order valence-electron chi connectivity index (χ4n) is 8.88. The van der Waals surface area contributed by atoms with Gasteiger partial charge < -0.3 is 4.90 Å². The van der Waals surface area contributed by atoms with E-state index in [4.69, 9.17) is 0 Å². The van der Waals surface area contributed by atoms with Crippen LogP contribution in [0.5, 0.6) is 0 Å². The van der Waals surface area contributed by atoms with Crippen molar-refractivity contribution in [2.24, 2.45) is 0 Å². The lowest BCUT2D eigenvalue weighted by molar-refractivity contribution is 0.590. The quantitative estimate of drug-likeness (QED) is 0.146. The van der Waals surface area contributed by atoms with Crippen molar-refractivity contribution in [2.75, 3.05) is 4.90 Å². The summed E-state index contributed by atoms with van der Waals surface area (Å²) < 4.78 is 0. The standard InChI is InChI=1S/C58H45N/c1-58(2,3)45-35-37-49(40-18-6-4-7-19-40)56(39-45)59(46-26-14-25-44(38-46)48-29-17-31-51-47-27-11-10-22-42(47)34-36-52(48)51)55-33-13-12-28-53(55)54-32-16-24-43-23-15-30-50(57(43)54)41-20-8-5-9-21-41/h4-39H,1-3H3. The van der Waals surface area contributed by atoms with Crippen LogP contribution in [-0.4, -0.2) is 0 Å².